The maximum absolute atomic E-state index is 12.0. The summed E-state index contributed by atoms with van der Waals surface area (Å²) in [5, 5.41) is 5.49. The molecular weight excluding hydrogens is 499 g/mol. The van der Waals surface area contributed by atoms with Crippen LogP contribution < -0.4 is 5.32 Å². The van der Waals surface area contributed by atoms with Crippen molar-refractivity contribution in [3.63, 3.8) is 0 Å². The van der Waals surface area contributed by atoms with Gasteiger partial charge in [-0.1, -0.05) is 30.3 Å². The molecule has 0 saturated carbocycles. The van der Waals surface area contributed by atoms with Gasteiger partial charge in [0.25, 0.3) is 0 Å². The molecule has 6 nitrogen and oxygen atoms in total. The number of carbonyl (C=O) groups is 1. The molecule has 0 bridgehead atoms. The van der Waals surface area contributed by atoms with Crippen molar-refractivity contribution in [2.75, 3.05) is 40.3 Å². The zero-order valence-electron chi connectivity index (χ0n) is 17.1. The molecule has 1 N–H and O–H groups in total. The minimum absolute atomic E-state index is 0. The van der Waals surface area contributed by atoms with E-state index in [-0.39, 0.29) is 42.5 Å². The van der Waals surface area contributed by atoms with Crippen molar-refractivity contribution in [2.24, 2.45) is 4.99 Å². The van der Waals surface area contributed by atoms with Gasteiger partial charge in [-0.05, 0) is 29.5 Å². The number of ether oxygens (including phenoxy) is 1. The van der Waals surface area contributed by atoms with Crippen molar-refractivity contribution in [2.45, 2.75) is 19.6 Å². The fraction of sp³-hybridized carbons (Fsp3) is 0.429. The highest BCUT2D eigenvalue weighted by molar-refractivity contribution is 14.0. The molecule has 0 spiro atoms. The molecule has 1 unspecified atom stereocenters. The Morgan fingerprint density at radius 1 is 1.31 bits per heavy atom. The number of guanidine groups is 1. The molecule has 0 aliphatic carbocycles. The molecule has 1 amide bonds. The van der Waals surface area contributed by atoms with E-state index in [1.807, 2.05) is 18.2 Å². The third kappa shape index (κ3) is 6.68. The van der Waals surface area contributed by atoms with Gasteiger partial charge < -0.3 is 19.9 Å². The maximum atomic E-state index is 12.0. The summed E-state index contributed by atoms with van der Waals surface area (Å²) < 4.78 is 6.04. The SMILES string of the molecule is Cc1ccccc1C1CN(C(=NCC(=O)N(C)C)NCc2cccs2)CCO1.I. The first-order valence-electron chi connectivity index (χ1n) is 9.47. The van der Waals surface area contributed by atoms with Crippen LogP contribution in [0.2, 0.25) is 0 Å². The van der Waals surface area contributed by atoms with Gasteiger partial charge in [0, 0.05) is 25.5 Å². The Kier molecular flexibility index (Phi) is 9.38. The van der Waals surface area contributed by atoms with Gasteiger partial charge in [-0.3, -0.25) is 4.79 Å². The molecule has 1 saturated heterocycles. The van der Waals surface area contributed by atoms with Crippen molar-refractivity contribution in [3.05, 3.63) is 57.8 Å². The summed E-state index contributed by atoms with van der Waals surface area (Å²) in [5.41, 5.74) is 2.43. The first-order chi connectivity index (χ1) is 13.5. The van der Waals surface area contributed by atoms with Crippen LogP contribution in [0.1, 0.15) is 22.1 Å². The Bertz CT molecular complexity index is 811. The number of hydrogen-bond acceptors (Lipinski definition) is 4. The average Bonchev–Trinajstić information content (AvgIpc) is 3.22. The summed E-state index contributed by atoms with van der Waals surface area (Å²) in [7, 11) is 3.50. The molecule has 2 heterocycles. The Hall–Kier alpha value is -1.65. The summed E-state index contributed by atoms with van der Waals surface area (Å²) in [6.07, 6.45) is -0.00626. The third-order valence-electron chi connectivity index (χ3n) is 4.77. The van der Waals surface area contributed by atoms with Crippen molar-refractivity contribution in [3.8, 4) is 0 Å². The Balaban J connectivity index is 0.00000300. The van der Waals surface area contributed by atoms with Crippen LogP contribution in [-0.4, -0.2) is 62.0 Å². The number of benzene rings is 1. The molecule has 0 radical (unpaired) electrons. The fourth-order valence-corrected chi connectivity index (χ4v) is 3.75. The lowest BCUT2D eigenvalue weighted by atomic mass is 10.0. The number of hydrogen-bond donors (Lipinski definition) is 1. The zero-order valence-corrected chi connectivity index (χ0v) is 20.3. The van der Waals surface area contributed by atoms with Gasteiger partial charge in [-0.2, -0.15) is 0 Å². The highest BCUT2D eigenvalue weighted by Crippen LogP contribution is 2.25. The van der Waals surface area contributed by atoms with Crippen molar-refractivity contribution in [1.82, 2.24) is 15.1 Å². The van der Waals surface area contributed by atoms with Crippen LogP contribution in [0.15, 0.2) is 46.8 Å². The number of rotatable bonds is 5. The van der Waals surface area contributed by atoms with Gasteiger partial charge in [0.2, 0.25) is 5.91 Å². The lowest BCUT2D eigenvalue weighted by molar-refractivity contribution is -0.127. The largest absolute Gasteiger partial charge is 0.370 e. The van der Waals surface area contributed by atoms with E-state index in [0.717, 1.165) is 12.5 Å². The standard InChI is InChI=1S/C21H28N4O2S.HI/c1-16-7-4-5-9-18(16)19-15-25(10-11-27-19)21(23-14-20(26)24(2)3)22-13-17-8-6-12-28-17;/h4-9,12,19H,10-11,13-15H2,1-3H3,(H,22,23);1H. The number of aliphatic imine (C=N–C) groups is 1. The molecule has 3 rings (SSSR count). The van der Waals surface area contributed by atoms with E-state index in [1.54, 1.807) is 30.3 Å². The molecule has 8 heteroatoms. The van der Waals surface area contributed by atoms with E-state index < -0.39 is 0 Å². The summed E-state index contributed by atoms with van der Waals surface area (Å²) >= 11 is 1.70. The van der Waals surface area contributed by atoms with Gasteiger partial charge in [-0.25, -0.2) is 4.99 Å². The van der Waals surface area contributed by atoms with Crippen LogP contribution in [0.4, 0.5) is 0 Å². The second-order valence-electron chi connectivity index (χ2n) is 7.02. The van der Waals surface area contributed by atoms with Crippen LogP contribution in [-0.2, 0) is 16.1 Å². The van der Waals surface area contributed by atoms with Crippen LogP contribution in [0, 0.1) is 6.92 Å². The molecule has 1 aromatic carbocycles. The summed E-state index contributed by atoms with van der Waals surface area (Å²) in [4.78, 5) is 21.6. The number of nitrogens with one attached hydrogen (secondary N) is 1. The van der Waals surface area contributed by atoms with E-state index in [1.165, 1.54) is 16.0 Å². The van der Waals surface area contributed by atoms with Crippen LogP contribution in [0.3, 0.4) is 0 Å². The molecule has 1 aromatic heterocycles. The highest BCUT2D eigenvalue weighted by Gasteiger charge is 2.25. The topological polar surface area (TPSA) is 57.2 Å². The molecule has 158 valence electrons. The van der Waals surface area contributed by atoms with Crippen LogP contribution in [0.25, 0.3) is 0 Å². The third-order valence-corrected chi connectivity index (χ3v) is 5.64. The van der Waals surface area contributed by atoms with Gasteiger partial charge in [0.05, 0.1) is 19.7 Å². The second kappa shape index (κ2) is 11.5. The quantitative estimate of drug-likeness (QED) is 0.368. The van der Waals surface area contributed by atoms with Crippen molar-refractivity contribution >= 4 is 47.2 Å². The molecule has 1 aliphatic rings. The number of nitrogens with zero attached hydrogens (tertiary/aromatic N) is 3. The van der Waals surface area contributed by atoms with Crippen molar-refractivity contribution in [1.29, 1.82) is 0 Å². The minimum atomic E-state index is -0.0147. The predicted molar refractivity (Wildman–Crippen MR) is 129 cm³/mol. The lowest BCUT2D eigenvalue weighted by Crippen LogP contribution is -2.48. The Morgan fingerprint density at radius 2 is 2.10 bits per heavy atom. The Morgan fingerprint density at radius 3 is 2.79 bits per heavy atom. The second-order valence-corrected chi connectivity index (χ2v) is 8.06. The maximum Gasteiger partial charge on any atom is 0.243 e. The van der Waals surface area contributed by atoms with E-state index in [9.17, 15) is 4.79 Å². The van der Waals surface area contributed by atoms with E-state index in [0.29, 0.717) is 19.7 Å². The lowest BCUT2D eigenvalue weighted by Gasteiger charge is -2.36. The molecular formula is C21H29IN4O2S. The monoisotopic (exact) mass is 528 g/mol. The number of amides is 1. The normalized spacial score (nSPS) is 16.9. The molecule has 29 heavy (non-hydrogen) atoms. The number of halogens is 1. The first-order valence-corrected chi connectivity index (χ1v) is 10.4. The van der Waals surface area contributed by atoms with Gasteiger partial charge in [-0.15, -0.1) is 35.3 Å². The van der Waals surface area contributed by atoms with E-state index in [2.05, 4.69) is 45.7 Å². The number of aryl methyl sites for hydroxylation is 1. The summed E-state index contributed by atoms with van der Waals surface area (Å²) in [6, 6.07) is 12.4. The highest BCUT2D eigenvalue weighted by atomic mass is 127. The molecule has 1 fully saturated rings. The van der Waals surface area contributed by atoms with Gasteiger partial charge in [0.1, 0.15) is 12.6 Å². The van der Waals surface area contributed by atoms with Crippen LogP contribution in [0.5, 0.6) is 0 Å². The molecule has 2 aromatic rings. The number of likely N-dealkylation sites (N-methyl/N-ethyl adjacent to an activating group) is 1. The fourth-order valence-electron chi connectivity index (χ4n) is 3.11. The summed E-state index contributed by atoms with van der Waals surface area (Å²) in [6.45, 7) is 5.01. The van der Waals surface area contributed by atoms with E-state index >= 15 is 0 Å². The van der Waals surface area contributed by atoms with Crippen LogP contribution >= 0.6 is 35.3 Å². The molecule has 1 atom stereocenters. The van der Waals surface area contributed by atoms with Crippen molar-refractivity contribution < 1.29 is 9.53 Å². The number of morpholine rings is 1. The zero-order chi connectivity index (χ0) is 19.9. The number of thiophene rings is 1. The number of carbonyl (C=O) groups excluding carboxylic acids is 1. The predicted octanol–water partition coefficient (Wildman–Crippen LogP) is 3.28. The average molecular weight is 528 g/mol. The first kappa shape index (κ1) is 23.6. The summed E-state index contributed by atoms with van der Waals surface area (Å²) in [5.74, 6) is 0.740. The van der Waals surface area contributed by atoms with Gasteiger partial charge >= 0.3 is 0 Å². The smallest absolute Gasteiger partial charge is 0.243 e. The minimum Gasteiger partial charge on any atom is -0.370 e. The van der Waals surface area contributed by atoms with Gasteiger partial charge in [0.15, 0.2) is 5.96 Å². The molecule has 1 aliphatic heterocycles. The van der Waals surface area contributed by atoms with E-state index in [4.69, 9.17) is 4.74 Å². The Labute approximate surface area is 194 Å².